The van der Waals surface area contributed by atoms with Gasteiger partial charge >= 0.3 is 0 Å². The number of hydrogen-bond donors (Lipinski definition) is 1. The first kappa shape index (κ1) is 17.7. The molecule has 0 radical (unpaired) electrons. The van der Waals surface area contributed by atoms with Gasteiger partial charge in [0.25, 0.3) is 0 Å². The maximum absolute atomic E-state index is 11.8. The smallest absolute Gasteiger partial charge is 0.230 e. The molecule has 0 aromatic heterocycles. The van der Waals surface area contributed by atoms with E-state index < -0.39 is 0 Å². The zero-order chi connectivity index (χ0) is 16.5. The number of benzene rings is 2. The van der Waals surface area contributed by atoms with E-state index in [1.807, 2.05) is 48.5 Å². The van der Waals surface area contributed by atoms with Gasteiger partial charge < -0.3 is 10.1 Å². The van der Waals surface area contributed by atoms with Gasteiger partial charge in [0, 0.05) is 17.3 Å². The number of carbonyl (C=O) groups is 1. The molecule has 0 atom stereocenters. The van der Waals surface area contributed by atoms with E-state index >= 15 is 0 Å². The monoisotopic (exact) mass is 349 g/mol. The Morgan fingerprint density at radius 3 is 2.65 bits per heavy atom. The molecule has 0 saturated heterocycles. The quantitative estimate of drug-likeness (QED) is 0.784. The van der Waals surface area contributed by atoms with Gasteiger partial charge in [-0.15, -0.1) is 11.8 Å². The third kappa shape index (κ3) is 6.55. The fourth-order valence-corrected chi connectivity index (χ4v) is 3.10. The highest BCUT2D eigenvalue weighted by atomic mass is 35.5. The van der Waals surface area contributed by atoms with Gasteiger partial charge in [0.15, 0.2) is 0 Å². The van der Waals surface area contributed by atoms with Crippen molar-refractivity contribution < 1.29 is 9.53 Å². The third-order valence-corrected chi connectivity index (χ3v) is 4.52. The van der Waals surface area contributed by atoms with Crippen LogP contribution in [-0.2, 0) is 17.0 Å². The lowest BCUT2D eigenvalue weighted by atomic mass is 10.1. The first-order chi connectivity index (χ1) is 11.2. The van der Waals surface area contributed by atoms with Crippen molar-refractivity contribution in [1.29, 1.82) is 0 Å². The SMILES string of the molecule is COc1ccc(CCNC(=O)CSCc2cccc(Cl)c2)cc1. The summed E-state index contributed by atoms with van der Waals surface area (Å²) >= 11 is 7.52. The molecular formula is C18H20ClNO2S. The van der Waals surface area contributed by atoms with Crippen molar-refractivity contribution in [1.82, 2.24) is 5.32 Å². The predicted molar refractivity (Wildman–Crippen MR) is 97.3 cm³/mol. The molecule has 2 rings (SSSR count). The summed E-state index contributed by atoms with van der Waals surface area (Å²) in [5, 5.41) is 3.67. The van der Waals surface area contributed by atoms with Gasteiger partial charge in [-0.2, -0.15) is 0 Å². The lowest BCUT2D eigenvalue weighted by molar-refractivity contribution is -0.118. The Morgan fingerprint density at radius 1 is 1.17 bits per heavy atom. The molecule has 0 saturated carbocycles. The highest BCUT2D eigenvalue weighted by molar-refractivity contribution is 7.99. The van der Waals surface area contributed by atoms with Crippen molar-refractivity contribution in [3.05, 3.63) is 64.7 Å². The van der Waals surface area contributed by atoms with E-state index in [1.165, 1.54) is 5.56 Å². The van der Waals surface area contributed by atoms with Crippen LogP contribution >= 0.6 is 23.4 Å². The van der Waals surface area contributed by atoms with E-state index in [-0.39, 0.29) is 5.91 Å². The van der Waals surface area contributed by atoms with Gasteiger partial charge in [-0.25, -0.2) is 0 Å². The first-order valence-electron chi connectivity index (χ1n) is 7.39. The minimum atomic E-state index is 0.0607. The molecule has 2 aromatic carbocycles. The van der Waals surface area contributed by atoms with Gasteiger partial charge in [-0.3, -0.25) is 4.79 Å². The molecule has 1 N–H and O–H groups in total. The molecule has 0 bridgehead atoms. The second kappa shape index (κ2) is 9.48. The van der Waals surface area contributed by atoms with E-state index in [0.29, 0.717) is 12.3 Å². The van der Waals surface area contributed by atoms with Gasteiger partial charge in [0.05, 0.1) is 12.9 Å². The molecule has 0 heterocycles. The highest BCUT2D eigenvalue weighted by Crippen LogP contribution is 2.16. The summed E-state index contributed by atoms with van der Waals surface area (Å²) in [6, 6.07) is 15.6. The predicted octanol–water partition coefficient (Wildman–Crippen LogP) is 3.94. The summed E-state index contributed by atoms with van der Waals surface area (Å²) < 4.78 is 5.12. The summed E-state index contributed by atoms with van der Waals surface area (Å²) in [4.78, 5) is 11.8. The van der Waals surface area contributed by atoms with Crippen LogP contribution in [0.15, 0.2) is 48.5 Å². The zero-order valence-corrected chi connectivity index (χ0v) is 14.6. The number of methoxy groups -OCH3 is 1. The molecule has 0 aliphatic rings. The average Bonchev–Trinajstić information content (AvgIpc) is 2.55. The summed E-state index contributed by atoms with van der Waals surface area (Å²) in [6.07, 6.45) is 0.814. The van der Waals surface area contributed by atoms with Crippen LogP contribution in [0.4, 0.5) is 0 Å². The van der Waals surface area contributed by atoms with Crippen molar-refractivity contribution in [2.24, 2.45) is 0 Å². The fraction of sp³-hybridized carbons (Fsp3) is 0.278. The number of halogens is 1. The number of hydrogen-bond acceptors (Lipinski definition) is 3. The second-order valence-electron chi connectivity index (χ2n) is 5.07. The number of rotatable bonds is 8. The maximum Gasteiger partial charge on any atom is 0.230 e. The number of amides is 1. The average molecular weight is 350 g/mol. The Kier molecular flexibility index (Phi) is 7.30. The molecule has 1 amide bonds. The van der Waals surface area contributed by atoms with Crippen LogP contribution in [0.2, 0.25) is 5.02 Å². The molecule has 0 aliphatic carbocycles. The highest BCUT2D eigenvalue weighted by Gasteiger charge is 2.02. The van der Waals surface area contributed by atoms with Crippen LogP contribution in [-0.4, -0.2) is 25.3 Å². The second-order valence-corrected chi connectivity index (χ2v) is 6.49. The van der Waals surface area contributed by atoms with Crippen LogP contribution in [0.25, 0.3) is 0 Å². The van der Waals surface area contributed by atoms with E-state index in [4.69, 9.17) is 16.3 Å². The number of ether oxygens (including phenoxy) is 1. The number of thioether (sulfide) groups is 1. The third-order valence-electron chi connectivity index (χ3n) is 3.29. The Balaban J connectivity index is 1.63. The molecule has 0 aliphatic heterocycles. The molecule has 122 valence electrons. The number of carbonyl (C=O) groups excluding carboxylic acids is 1. The minimum absolute atomic E-state index is 0.0607. The minimum Gasteiger partial charge on any atom is -0.497 e. The molecular weight excluding hydrogens is 330 g/mol. The van der Waals surface area contributed by atoms with Gasteiger partial charge in [-0.05, 0) is 41.8 Å². The fourth-order valence-electron chi connectivity index (χ4n) is 2.08. The van der Waals surface area contributed by atoms with Gasteiger partial charge in [0.1, 0.15) is 5.75 Å². The Labute approximate surface area is 146 Å². The zero-order valence-electron chi connectivity index (χ0n) is 13.0. The topological polar surface area (TPSA) is 38.3 Å². The van der Waals surface area contributed by atoms with E-state index in [1.54, 1.807) is 18.9 Å². The number of nitrogens with one attached hydrogen (secondary N) is 1. The van der Waals surface area contributed by atoms with Crippen molar-refractivity contribution in [3.63, 3.8) is 0 Å². The van der Waals surface area contributed by atoms with Crippen LogP contribution in [0, 0.1) is 0 Å². The van der Waals surface area contributed by atoms with Gasteiger partial charge in [0.2, 0.25) is 5.91 Å². The van der Waals surface area contributed by atoms with Crippen LogP contribution in [0.5, 0.6) is 5.75 Å². The Morgan fingerprint density at radius 2 is 1.96 bits per heavy atom. The van der Waals surface area contributed by atoms with Crippen molar-refractivity contribution >= 4 is 29.3 Å². The summed E-state index contributed by atoms with van der Waals surface area (Å²) in [7, 11) is 1.65. The van der Waals surface area contributed by atoms with E-state index in [2.05, 4.69) is 5.32 Å². The summed E-state index contributed by atoms with van der Waals surface area (Å²) in [5.41, 5.74) is 2.31. The summed E-state index contributed by atoms with van der Waals surface area (Å²) in [5.74, 6) is 2.14. The van der Waals surface area contributed by atoms with Crippen LogP contribution in [0.3, 0.4) is 0 Å². The van der Waals surface area contributed by atoms with Crippen LogP contribution < -0.4 is 10.1 Å². The maximum atomic E-state index is 11.8. The van der Waals surface area contributed by atoms with Gasteiger partial charge in [-0.1, -0.05) is 35.9 Å². The molecule has 0 unspecified atom stereocenters. The standard InChI is InChI=1S/C18H20ClNO2S/c1-22-17-7-5-14(6-8-17)9-10-20-18(21)13-23-12-15-3-2-4-16(19)11-15/h2-8,11H,9-10,12-13H2,1H3,(H,20,21). The molecule has 0 fully saturated rings. The first-order valence-corrected chi connectivity index (χ1v) is 8.92. The van der Waals surface area contributed by atoms with E-state index in [9.17, 15) is 4.79 Å². The normalized spacial score (nSPS) is 10.3. The molecule has 0 spiro atoms. The molecule has 23 heavy (non-hydrogen) atoms. The van der Waals surface area contributed by atoms with E-state index in [0.717, 1.165) is 28.5 Å². The lowest BCUT2D eigenvalue weighted by Crippen LogP contribution is -2.27. The van der Waals surface area contributed by atoms with Crippen molar-refractivity contribution in [2.75, 3.05) is 19.4 Å². The Hall–Kier alpha value is -1.65. The lowest BCUT2D eigenvalue weighted by Gasteiger charge is -2.06. The van der Waals surface area contributed by atoms with Crippen LogP contribution in [0.1, 0.15) is 11.1 Å². The Bertz CT molecular complexity index is 631. The largest absolute Gasteiger partial charge is 0.497 e. The molecule has 2 aromatic rings. The summed E-state index contributed by atoms with van der Waals surface area (Å²) in [6.45, 7) is 0.642. The molecule has 3 nitrogen and oxygen atoms in total. The molecule has 5 heteroatoms. The van der Waals surface area contributed by atoms with Crippen molar-refractivity contribution in [2.45, 2.75) is 12.2 Å². The van der Waals surface area contributed by atoms with Crippen molar-refractivity contribution in [3.8, 4) is 5.75 Å².